The largest absolute Gasteiger partial charge is 0.448 e. The normalized spacial score (nSPS) is 17.5. The lowest BCUT2D eigenvalue weighted by Gasteiger charge is -2.30. The van der Waals surface area contributed by atoms with Crippen molar-refractivity contribution in [2.75, 3.05) is 25.1 Å². The van der Waals surface area contributed by atoms with E-state index in [1.54, 1.807) is 11.8 Å². The number of nitrogens with one attached hydrogen (secondary N) is 2. The molecule has 124 valence electrons. The highest BCUT2D eigenvalue weighted by Gasteiger charge is 2.32. The highest BCUT2D eigenvalue weighted by molar-refractivity contribution is 7.80. The minimum atomic E-state index is -0.631. The first-order valence-electron chi connectivity index (χ1n) is 7.53. The van der Waals surface area contributed by atoms with Crippen LogP contribution >= 0.6 is 12.2 Å². The van der Waals surface area contributed by atoms with Gasteiger partial charge in [-0.05, 0) is 38.4 Å². The molecule has 9 nitrogen and oxygen atoms in total. The Morgan fingerprint density at radius 3 is 2.78 bits per heavy atom. The minimum absolute atomic E-state index is 0.139. The summed E-state index contributed by atoms with van der Waals surface area (Å²) >= 11 is 5.25. The van der Waals surface area contributed by atoms with Crippen molar-refractivity contribution in [1.82, 2.24) is 25.0 Å². The quantitative estimate of drug-likeness (QED) is 0.776. The molecule has 1 saturated heterocycles. The maximum absolute atomic E-state index is 12.6. The van der Waals surface area contributed by atoms with Crippen molar-refractivity contribution in [3.8, 4) is 0 Å². The summed E-state index contributed by atoms with van der Waals surface area (Å²) in [5, 5.41) is 1.19. The van der Waals surface area contributed by atoms with Gasteiger partial charge in [-0.3, -0.25) is 14.8 Å². The molecule has 0 aromatic carbocycles. The Morgan fingerprint density at radius 2 is 2.09 bits per heavy atom. The zero-order valence-electron chi connectivity index (χ0n) is 12.7. The van der Waals surface area contributed by atoms with E-state index in [1.807, 2.05) is 0 Å². The second-order valence-corrected chi connectivity index (χ2v) is 5.58. The molecule has 2 aliphatic heterocycles. The van der Waals surface area contributed by atoms with Crippen LogP contribution < -0.4 is 11.0 Å². The molecule has 10 heteroatoms. The number of rotatable bonds is 2. The molecule has 0 spiro atoms. The number of carbonyl (C=O) groups is 2. The first-order chi connectivity index (χ1) is 11.1. The molecular weight excluding hydrogens is 320 g/mol. The summed E-state index contributed by atoms with van der Waals surface area (Å²) < 4.78 is 6.38. The number of thiocarbonyl (C=S) groups is 1. The van der Waals surface area contributed by atoms with Gasteiger partial charge in [-0.1, -0.05) is 0 Å². The summed E-state index contributed by atoms with van der Waals surface area (Å²) in [6.07, 6.45) is 3.94. The van der Waals surface area contributed by atoms with Crippen molar-refractivity contribution in [2.24, 2.45) is 0 Å². The van der Waals surface area contributed by atoms with Crippen LogP contribution in [0, 0.1) is 0 Å². The van der Waals surface area contributed by atoms with Crippen LogP contribution in [-0.2, 0) is 4.74 Å². The van der Waals surface area contributed by atoms with Gasteiger partial charge in [0, 0.05) is 13.1 Å². The fourth-order valence-corrected chi connectivity index (χ4v) is 2.85. The smallest absolute Gasteiger partial charge is 0.432 e. The van der Waals surface area contributed by atoms with Gasteiger partial charge in [0.1, 0.15) is 6.33 Å². The van der Waals surface area contributed by atoms with E-state index in [2.05, 4.69) is 15.9 Å². The van der Waals surface area contributed by atoms with Gasteiger partial charge in [0.05, 0.1) is 6.61 Å². The number of ether oxygens (including phenoxy) is 1. The van der Waals surface area contributed by atoms with Crippen molar-refractivity contribution < 1.29 is 14.3 Å². The Labute approximate surface area is 138 Å². The van der Waals surface area contributed by atoms with Gasteiger partial charge in [-0.25, -0.2) is 9.78 Å². The number of hydrogen-bond acceptors (Lipinski definition) is 7. The van der Waals surface area contributed by atoms with Gasteiger partial charge in [0.2, 0.25) is 5.11 Å². The first-order valence-corrected chi connectivity index (χ1v) is 7.93. The number of imidazole rings is 1. The maximum Gasteiger partial charge on any atom is 0.432 e. The average Bonchev–Trinajstić information content (AvgIpc) is 3.00. The molecule has 0 bridgehead atoms. The molecule has 0 atom stereocenters. The fraction of sp³-hybridized carbons (Fsp3) is 0.538. The summed E-state index contributed by atoms with van der Waals surface area (Å²) in [5.74, 6) is 0.284. The summed E-state index contributed by atoms with van der Waals surface area (Å²) in [6, 6.07) is 0. The van der Waals surface area contributed by atoms with E-state index >= 15 is 0 Å². The number of carbonyl (C=O) groups excluding carboxylic acids is 2. The highest BCUT2D eigenvalue weighted by atomic mass is 32.1. The van der Waals surface area contributed by atoms with E-state index in [9.17, 15) is 9.59 Å². The molecular formula is C13H18N6O3S. The zero-order valence-corrected chi connectivity index (χ0v) is 13.6. The summed E-state index contributed by atoms with van der Waals surface area (Å²) in [7, 11) is 0. The molecule has 1 aromatic rings. The predicted octanol–water partition coefficient (Wildman–Crippen LogP) is 0.946. The molecule has 1 aromatic heterocycles. The average molecular weight is 338 g/mol. The predicted molar refractivity (Wildman–Crippen MR) is 85.6 cm³/mol. The minimum Gasteiger partial charge on any atom is -0.448 e. The lowest BCUT2D eigenvalue weighted by molar-refractivity contribution is 0.0719. The molecule has 2 N–H and O–H groups in total. The van der Waals surface area contributed by atoms with Crippen molar-refractivity contribution in [2.45, 2.75) is 26.2 Å². The topological polar surface area (TPSA) is 91.7 Å². The van der Waals surface area contributed by atoms with Gasteiger partial charge in [-0.2, -0.15) is 5.01 Å². The summed E-state index contributed by atoms with van der Waals surface area (Å²) in [6.45, 7) is 3.40. The second kappa shape index (κ2) is 6.50. The van der Waals surface area contributed by atoms with Crippen LogP contribution in [0.2, 0.25) is 0 Å². The Hall–Kier alpha value is -2.20. The van der Waals surface area contributed by atoms with E-state index in [0.717, 1.165) is 37.4 Å². The van der Waals surface area contributed by atoms with Crippen LogP contribution in [0.3, 0.4) is 0 Å². The third-order valence-corrected chi connectivity index (χ3v) is 4.13. The van der Waals surface area contributed by atoms with E-state index < -0.39 is 6.09 Å². The fourth-order valence-electron chi connectivity index (χ4n) is 2.59. The SMILES string of the molecule is CCOC(=O)N1NNc2c(C(=O)N3CCCCC3)ncn2C1=S. The van der Waals surface area contributed by atoms with Gasteiger partial charge >= 0.3 is 6.09 Å². The zero-order chi connectivity index (χ0) is 16.4. The molecule has 0 radical (unpaired) electrons. The van der Waals surface area contributed by atoms with Crippen LogP contribution in [0.1, 0.15) is 36.7 Å². The van der Waals surface area contributed by atoms with E-state index in [0.29, 0.717) is 5.82 Å². The summed E-state index contributed by atoms with van der Waals surface area (Å²) in [5.41, 5.74) is 5.70. The lowest BCUT2D eigenvalue weighted by Crippen LogP contribution is -2.55. The van der Waals surface area contributed by atoms with Gasteiger partial charge < -0.3 is 9.64 Å². The molecule has 2 amide bonds. The highest BCUT2D eigenvalue weighted by Crippen LogP contribution is 2.21. The lowest BCUT2D eigenvalue weighted by atomic mass is 10.1. The molecule has 0 saturated carbocycles. The number of amides is 2. The number of fused-ring (bicyclic) bond motifs is 1. The number of hydrazine groups is 2. The van der Waals surface area contributed by atoms with E-state index in [4.69, 9.17) is 17.0 Å². The maximum atomic E-state index is 12.6. The number of hydrogen-bond donors (Lipinski definition) is 2. The molecule has 3 rings (SSSR count). The third kappa shape index (κ3) is 2.86. The Bertz CT molecular complexity index is 640. The van der Waals surface area contributed by atoms with Crippen LogP contribution in [-0.4, -0.2) is 56.3 Å². The number of aromatic nitrogens is 2. The first kappa shape index (κ1) is 15.7. The van der Waals surface area contributed by atoms with Crippen molar-refractivity contribution in [3.63, 3.8) is 0 Å². The molecule has 1 fully saturated rings. The van der Waals surface area contributed by atoms with Gasteiger partial charge in [-0.15, -0.1) is 5.53 Å². The second-order valence-electron chi connectivity index (χ2n) is 5.22. The van der Waals surface area contributed by atoms with E-state index in [1.165, 1.54) is 10.9 Å². The van der Waals surface area contributed by atoms with E-state index in [-0.39, 0.29) is 23.3 Å². The Morgan fingerprint density at radius 1 is 1.35 bits per heavy atom. The molecule has 3 heterocycles. The van der Waals surface area contributed by atoms with Crippen molar-refractivity contribution in [3.05, 3.63) is 12.0 Å². The van der Waals surface area contributed by atoms with Crippen LogP contribution in [0.25, 0.3) is 0 Å². The number of likely N-dealkylation sites (tertiary alicyclic amines) is 1. The van der Waals surface area contributed by atoms with Crippen molar-refractivity contribution in [1.29, 1.82) is 0 Å². The Kier molecular flexibility index (Phi) is 4.44. The van der Waals surface area contributed by atoms with Gasteiger partial charge in [0.25, 0.3) is 5.91 Å². The molecule has 23 heavy (non-hydrogen) atoms. The number of piperidine rings is 1. The number of nitrogens with zero attached hydrogens (tertiary/aromatic N) is 4. The molecule has 0 aliphatic carbocycles. The number of anilines is 1. The van der Waals surface area contributed by atoms with Crippen molar-refractivity contribution >= 4 is 35.1 Å². The molecule has 2 aliphatic rings. The van der Waals surface area contributed by atoms with Crippen LogP contribution in [0.5, 0.6) is 0 Å². The van der Waals surface area contributed by atoms with Crippen LogP contribution in [0.4, 0.5) is 10.6 Å². The standard InChI is InChI=1S/C13H18N6O3S/c1-2-22-13(21)19-12(23)18-8-14-9(10(18)15-16-19)11(20)17-6-4-3-5-7-17/h8,15-16H,2-7H2,1H3. The Balaban J connectivity index is 1.81. The molecule has 0 unspecified atom stereocenters. The summed E-state index contributed by atoms with van der Waals surface area (Å²) in [4.78, 5) is 30.4. The van der Waals surface area contributed by atoms with Crippen LogP contribution in [0.15, 0.2) is 6.33 Å². The monoisotopic (exact) mass is 338 g/mol. The third-order valence-electron chi connectivity index (χ3n) is 3.75. The van der Waals surface area contributed by atoms with Gasteiger partial charge in [0.15, 0.2) is 11.5 Å².